The SMILES string of the molecule is CCOC(=O)[C@@H]1C(=O)C([C@@H](C(=O)O[C@@H]2C[C@H](C)CC[C@@H]2C(C)C)N(CCCl)CCCl)C(=O)[C@@H](C(=O)OCC)C1c1ccc(O)cc1. The van der Waals surface area contributed by atoms with Crippen molar-refractivity contribution in [1.82, 2.24) is 4.90 Å². The van der Waals surface area contributed by atoms with Gasteiger partial charge in [0.25, 0.3) is 0 Å². The van der Waals surface area contributed by atoms with E-state index in [2.05, 4.69) is 20.8 Å². The van der Waals surface area contributed by atoms with E-state index in [4.69, 9.17) is 37.4 Å². The smallest absolute Gasteiger partial charge is 0.324 e. The molecule has 1 N–H and O–H groups in total. The van der Waals surface area contributed by atoms with Gasteiger partial charge in [-0.25, -0.2) is 0 Å². The first-order chi connectivity index (χ1) is 21.9. The van der Waals surface area contributed by atoms with E-state index in [9.17, 15) is 29.1 Å². The molecule has 2 aliphatic carbocycles. The first kappa shape index (κ1) is 37.8. The van der Waals surface area contributed by atoms with Gasteiger partial charge in [0.1, 0.15) is 35.6 Å². The van der Waals surface area contributed by atoms with Crippen molar-refractivity contribution in [3.63, 3.8) is 0 Å². The minimum Gasteiger partial charge on any atom is -0.508 e. The highest BCUT2D eigenvalue weighted by Crippen LogP contribution is 2.45. The van der Waals surface area contributed by atoms with Gasteiger partial charge in [0.05, 0.1) is 13.2 Å². The topological polar surface area (TPSA) is 137 Å². The Morgan fingerprint density at radius 3 is 1.89 bits per heavy atom. The summed E-state index contributed by atoms with van der Waals surface area (Å²) in [5, 5.41) is 9.92. The lowest BCUT2D eigenvalue weighted by atomic mass is 9.62. The van der Waals surface area contributed by atoms with Crippen molar-refractivity contribution in [1.29, 1.82) is 0 Å². The number of esters is 3. The van der Waals surface area contributed by atoms with E-state index in [0.717, 1.165) is 12.8 Å². The summed E-state index contributed by atoms with van der Waals surface area (Å²) in [4.78, 5) is 72.2. The van der Waals surface area contributed by atoms with Crippen molar-refractivity contribution in [2.75, 3.05) is 38.1 Å². The zero-order valence-corrected chi connectivity index (χ0v) is 28.8. The molecule has 12 heteroatoms. The molecule has 1 aromatic carbocycles. The van der Waals surface area contributed by atoms with Gasteiger partial charge in [-0.1, -0.05) is 39.3 Å². The van der Waals surface area contributed by atoms with Gasteiger partial charge in [-0.3, -0.25) is 28.9 Å². The minimum atomic E-state index is -1.77. The van der Waals surface area contributed by atoms with E-state index in [-0.39, 0.29) is 61.2 Å². The Labute approximate surface area is 281 Å². The number of ether oxygens (including phenoxy) is 3. The number of aromatic hydroxyl groups is 1. The van der Waals surface area contributed by atoms with E-state index >= 15 is 0 Å². The second-order valence-electron chi connectivity index (χ2n) is 12.5. The molecular formula is C34H47Cl2NO9. The van der Waals surface area contributed by atoms with Crippen LogP contribution < -0.4 is 0 Å². The summed E-state index contributed by atoms with van der Waals surface area (Å²) in [6.07, 6.45) is 2.03. The number of halogens is 2. The Bertz CT molecular complexity index is 1180. The lowest BCUT2D eigenvalue weighted by Gasteiger charge is -2.43. The molecule has 3 rings (SSSR count). The summed E-state index contributed by atoms with van der Waals surface area (Å²) < 4.78 is 16.8. The molecule has 46 heavy (non-hydrogen) atoms. The molecule has 2 fully saturated rings. The zero-order chi connectivity index (χ0) is 34.1. The predicted octanol–water partition coefficient (Wildman–Crippen LogP) is 4.75. The highest BCUT2D eigenvalue weighted by Gasteiger charge is 2.60. The van der Waals surface area contributed by atoms with Crippen molar-refractivity contribution >= 4 is 52.7 Å². The quantitative estimate of drug-likeness (QED) is 0.127. The molecule has 256 valence electrons. The number of alkyl halides is 2. The number of benzene rings is 1. The molecule has 0 saturated heterocycles. The molecule has 0 aliphatic heterocycles. The van der Waals surface area contributed by atoms with Crippen molar-refractivity contribution in [2.24, 2.45) is 35.5 Å². The fourth-order valence-electron chi connectivity index (χ4n) is 7.03. The maximum atomic E-state index is 14.6. The number of nitrogens with zero attached hydrogens (tertiary/aromatic N) is 1. The third kappa shape index (κ3) is 8.61. The fourth-order valence-corrected chi connectivity index (χ4v) is 7.46. The van der Waals surface area contributed by atoms with E-state index < -0.39 is 65.3 Å². The van der Waals surface area contributed by atoms with Gasteiger partial charge in [-0.15, -0.1) is 23.2 Å². The number of hydrogen-bond donors (Lipinski definition) is 1. The van der Waals surface area contributed by atoms with Gasteiger partial charge < -0.3 is 19.3 Å². The van der Waals surface area contributed by atoms with Crippen molar-refractivity contribution in [2.45, 2.75) is 71.9 Å². The number of phenolic OH excluding ortho intramolecular Hbond substituents is 1. The summed E-state index contributed by atoms with van der Waals surface area (Å²) in [7, 11) is 0. The largest absolute Gasteiger partial charge is 0.508 e. The third-order valence-electron chi connectivity index (χ3n) is 9.23. The molecule has 0 bridgehead atoms. The maximum absolute atomic E-state index is 14.6. The molecular weight excluding hydrogens is 637 g/mol. The Kier molecular flexibility index (Phi) is 14.3. The number of hydrogen-bond acceptors (Lipinski definition) is 10. The van der Waals surface area contributed by atoms with Crippen molar-refractivity contribution < 1.29 is 43.3 Å². The maximum Gasteiger partial charge on any atom is 0.324 e. The molecule has 0 aromatic heterocycles. The van der Waals surface area contributed by atoms with Gasteiger partial charge in [0, 0.05) is 30.8 Å². The lowest BCUT2D eigenvalue weighted by Crippen LogP contribution is -2.61. The van der Waals surface area contributed by atoms with Gasteiger partial charge in [0.2, 0.25) is 0 Å². The first-order valence-corrected chi connectivity index (χ1v) is 17.2. The predicted molar refractivity (Wildman–Crippen MR) is 173 cm³/mol. The van der Waals surface area contributed by atoms with Crippen LogP contribution in [0.2, 0.25) is 0 Å². The average Bonchev–Trinajstić information content (AvgIpc) is 2.99. The average molecular weight is 685 g/mol. The molecule has 1 aromatic rings. The van der Waals surface area contributed by atoms with Crippen LogP contribution in [0.5, 0.6) is 5.75 Å². The van der Waals surface area contributed by atoms with Gasteiger partial charge in [-0.2, -0.15) is 0 Å². The van der Waals surface area contributed by atoms with E-state index in [0.29, 0.717) is 12.3 Å². The molecule has 0 unspecified atom stereocenters. The summed E-state index contributed by atoms with van der Waals surface area (Å²) in [6, 6.07) is 4.04. The lowest BCUT2D eigenvalue weighted by molar-refractivity contribution is -0.175. The van der Waals surface area contributed by atoms with Crippen molar-refractivity contribution in [3.05, 3.63) is 29.8 Å². The van der Waals surface area contributed by atoms with Crippen LogP contribution in [-0.2, 0) is 38.2 Å². The standard InChI is InChI=1S/C34H47Cl2NO9/c1-6-44-32(41)26-25(21-9-11-22(38)12-10-21)27(33(42)45-7-2)31(40)28(30(26)39)29(37(16-14-35)17-15-36)34(43)46-24-18-20(5)8-13-23(24)19(3)4/h9-12,19-20,23-29,38H,6-8,13-18H2,1-5H3/t20-,23-,24-,25?,26+,27+,28?,29+/m1/s1. The van der Waals surface area contributed by atoms with Gasteiger partial charge in [0.15, 0.2) is 11.6 Å². The highest BCUT2D eigenvalue weighted by atomic mass is 35.5. The fraction of sp³-hybridized carbons (Fsp3) is 0.676. The minimum absolute atomic E-state index is 0.0452. The number of Topliss-reactive ketones (excluding diaryl/α,β-unsaturated/α-hetero) is 2. The number of rotatable bonds is 14. The first-order valence-electron chi connectivity index (χ1n) is 16.2. The molecule has 2 saturated carbocycles. The summed E-state index contributed by atoms with van der Waals surface area (Å²) in [6.45, 7) is 9.39. The van der Waals surface area contributed by atoms with Gasteiger partial charge in [-0.05, 0) is 62.1 Å². The number of carbonyl (C=O) groups excluding carboxylic acids is 5. The van der Waals surface area contributed by atoms with Crippen LogP contribution >= 0.6 is 23.2 Å². The van der Waals surface area contributed by atoms with Crippen LogP contribution in [0.4, 0.5) is 0 Å². The Balaban J connectivity index is 2.21. The number of phenols is 1. The summed E-state index contributed by atoms with van der Waals surface area (Å²) in [5.41, 5.74) is 0.280. The third-order valence-corrected chi connectivity index (χ3v) is 9.56. The van der Waals surface area contributed by atoms with E-state index in [1.54, 1.807) is 13.8 Å². The number of carbonyl (C=O) groups is 5. The van der Waals surface area contributed by atoms with Gasteiger partial charge >= 0.3 is 17.9 Å². The molecule has 0 amide bonds. The Morgan fingerprint density at radius 1 is 0.913 bits per heavy atom. The zero-order valence-electron chi connectivity index (χ0n) is 27.3. The number of ketones is 2. The van der Waals surface area contributed by atoms with Crippen LogP contribution in [0.1, 0.15) is 65.4 Å². The monoisotopic (exact) mass is 683 g/mol. The highest BCUT2D eigenvalue weighted by molar-refractivity contribution is 6.21. The van der Waals surface area contributed by atoms with E-state index in [1.807, 2.05) is 0 Å². The Morgan fingerprint density at radius 2 is 1.43 bits per heavy atom. The van der Waals surface area contributed by atoms with Crippen LogP contribution in [0.3, 0.4) is 0 Å². The van der Waals surface area contributed by atoms with Crippen LogP contribution in [0, 0.1) is 35.5 Å². The summed E-state index contributed by atoms with van der Waals surface area (Å²) in [5.74, 6) is -10.2. The van der Waals surface area contributed by atoms with E-state index in [1.165, 1.54) is 29.2 Å². The molecule has 10 nitrogen and oxygen atoms in total. The summed E-state index contributed by atoms with van der Waals surface area (Å²) >= 11 is 12.3. The normalized spacial score (nSPS) is 27.4. The van der Waals surface area contributed by atoms with Crippen LogP contribution in [0.25, 0.3) is 0 Å². The molecule has 0 radical (unpaired) electrons. The second kappa shape index (κ2) is 17.5. The van der Waals surface area contributed by atoms with Crippen molar-refractivity contribution in [3.8, 4) is 5.75 Å². The molecule has 0 spiro atoms. The second-order valence-corrected chi connectivity index (χ2v) is 13.3. The van der Waals surface area contributed by atoms with Crippen LogP contribution in [-0.4, -0.2) is 89.7 Å². The van der Waals surface area contributed by atoms with Crippen LogP contribution in [0.15, 0.2) is 24.3 Å². The molecule has 2 aliphatic rings. The molecule has 6 atom stereocenters. The molecule has 0 heterocycles. The Hall–Kier alpha value is -2.69.